The van der Waals surface area contributed by atoms with Gasteiger partial charge in [0, 0.05) is 62.6 Å². The van der Waals surface area contributed by atoms with Crippen LogP contribution in [-0.4, -0.2) is 52.9 Å². The first-order chi connectivity index (χ1) is 13.7. The Morgan fingerprint density at radius 1 is 1.04 bits per heavy atom. The van der Waals surface area contributed by atoms with E-state index < -0.39 is 0 Å². The Morgan fingerprint density at radius 2 is 1.89 bits per heavy atom. The standard InChI is InChI=1S/C21H23N5O2/c27-20(24-17-5-4-16-8-10-22-18(16)15-17)6-7-21(28)26-13-11-25(12-14-26)19-3-1-2-9-23-19/h1-5,8-10,15,22H,6-7,11-14H2,(H,24,27). The quantitative estimate of drug-likeness (QED) is 0.716. The minimum absolute atomic E-state index is 0.0237. The molecule has 0 saturated carbocycles. The monoisotopic (exact) mass is 377 g/mol. The molecule has 2 amide bonds. The first-order valence-electron chi connectivity index (χ1n) is 9.50. The van der Waals surface area contributed by atoms with Crippen LogP contribution in [0.25, 0.3) is 10.9 Å². The summed E-state index contributed by atoms with van der Waals surface area (Å²) in [7, 11) is 0. The number of nitrogens with zero attached hydrogens (tertiary/aromatic N) is 3. The van der Waals surface area contributed by atoms with E-state index in [2.05, 4.69) is 20.2 Å². The Hall–Kier alpha value is -3.35. The molecule has 2 N–H and O–H groups in total. The molecule has 2 aromatic heterocycles. The topological polar surface area (TPSA) is 81.3 Å². The number of carbonyl (C=O) groups excluding carboxylic acids is 2. The van der Waals surface area contributed by atoms with E-state index >= 15 is 0 Å². The number of hydrogen-bond acceptors (Lipinski definition) is 4. The van der Waals surface area contributed by atoms with Crippen LogP contribution in [0.3, 0.4) is 0 Å². The predicted molar refractivity (Wildman–Crippen MR) is 109 cm³/mol. The van der Waals surface area contributed by atoms with Gasteiger partial charge in [-0.05, 0) is 35.7 Å². The summed E-state index contributed by atoms with van der Waals surface area (Å²) in [6.07, 6.45) is 4.05. The van der Waals surface area contributed by atoms with Crippen molar-refractivity contribution in [2.75, 3.05) is 36.4 Å². The third kappa shape index (κ3) is 4.14. The maximum absolute atomic E-state index is 12.4. The fourth-order valence-electron chi connectivity index (χ4n) is 3.45. The minimum Gasteiger partial charge on any atom is -0.361 e. The molecule has 0 spiro atoms. The van der Waals surface area contributed by atoms with Crippen molar-refractivity contribution in [3.05, 3.63) is 54.9 Å². The van der Waals surface area contributed by atoms with Gasteiger partial charge in [-0.1, -0.05) is 12.1 Å². The molecule has 1 aliphatic heterocycles. The van der Waals surface area contributed by atoms with Crippen LogP contribution in [0.4, 0.5) is 11.5 Å². The highest BCUT2D eigenvalue weighted by molar-refractivity contribution is 5.95. The van der Waals surface area contributed by atoms with E-state index in [0.29, 0.717) is 13.1 Å². The van der Waals surface area contributed by atoms with E-state index in [1.807, 2.05) is 53.6 Å². The lowest BCUT2D eigenvalue weighted by Gasteiger charge is -2.35. The van der Waals surface area contributed by atoms with E-state index in [1.54, 1.807) is 6.20 Å². The van der Waals surface area contributed by atoms with Crippen LogP contribution in [0.5, 0.6) is 0 Å². The zero-order valence-corrected chi connectivity index (χ0v) is 15.6. The van der Waals surface area contributed by atoms with E-state index in [1.165, 1.54) is 0 Å². The molecule has 1 aliphatic rings. The Kier molecular flexibility index (Phi) is 5.23. The molecule has 1 saturated heterocycles. The number of carbonyl (C=O) groups is 2. The van der Waals surface area contributed by atoms with E-state index in [4.69, 9.17) is 0 Å². The third-order valence-corrected chi connectivity index (χ3v) is 5.01. The van der Waals surface area contributed by atoms with Gasteiger partial charge in [0.05, 0.1) is 0 Å². The number of nitrogens with one attached hydrogen (secondary N) is 2. The highest BCUT2D eigenvalue weighted by Gasteiger charge is 2.22. The number of aromatic nitrogens is 2. The maximum atomic E-state index is 12.4. The summed E-state index contributed by atoms with van der Waals surface area (Å²) in [5.74, 6) is 0.815. The van der Waals surface area contributed by atoms with Gasteiger partial charge >= 0.3 is 0 Å². The summed E-state index contributed by atoms with van der Waals surface area (Å²) >= 11 is 0. The van der Waals surface area contributed by atoms with Gasteiger partial charge in [-0.15, -0.1) is 0 Å². The molecule has 144 valence electrons. The molecule has 0 aliphatic carbocycles. The van der Waals surface area contributed by atoms with Gasteiger partial charge in [0.25, 0.3) is 0 Å². The van der Waals surface area contributed by atoms with Crippen molar-refractivity contribution in [2.45, 2.75) is 12.8 Å². The first kappa shape index (κ1) is 18.0. The van der Waals surface area contributed by atoms with Crippen LogP contribution in [0.1, 0.15) is 12.8 Å². The molecule has 7 heteroatoms. The lowest BCUT2D eigenvalue weighted by molar-refractivity contribution is -0.133. The summed E-state index contributed by atoms with van der Waals surface area (Å²) in [5, 5.41) is 3.96. The second-order valence-corrected chi connectivity index (χ2v) is 6.88. The normalized spacial score (nSPS) is 14.3. The average molecular weight is 377 g/mol. The van der Waals surface area contributed by atoms with E-state index in [9.17, 15) is 9.59 Å². The molecule has 1 aromatic carbocycles. The van der Waals surface area contributed by atoms with Gasteiger partial charge in [0.1, 0.15) is 5.82 Å². The molecule has 1 fully saturated rings. The number of hydrogen-bond donors (Lipinski definition) is 2. The van der Waals surface area contributed by atoms with Crippen LogP contribution < -0.4 is 10.2 Å². The fraction of sp³-hybridized carbons (Fsp3) is 0.286. The minimum atomic E-state index is -0.147. The summed E-state index contributed by atoms with van der Waals surface area (Å²) in [6, 6.07) is 13.5. The Labute approximate surface area is 163 Å². The maximum Gasteiger partial charge on any atom is 0.224 e. The van der Waals surface area contributed by atoms with Crippen LogP contribution in [0.2, 0.25) is 0 Å². The number of anilines is 2. The molecular formula is C21H23N5O2. The molecule has 3 aromatic rings. The van der Waals surface area contributed by atoms with Crippen molar-refractivity contribution in [1.29, 1.82) is 0 Å². The van der Waals surface area contributed by atoms with Crippen LogP contribution in [0.15, 0.2) is 54.9 Å². The van der Waals surface area contributed by atoms with Crippen molar-refractivity contribution in [3.8, 4) is 0 Å². The van der Waals surface area contributed by atoms with Crippen LogP contribution in [-0.2, 0) is 9.59 Å². The molecule has 3 heterocycles. The molecule has 0 unspecified atom stereocenters. The first-order valence-corrected chi connectivity index (χ1v) is 9.50. The number of aromatic amines is 1. The lowest BCUT2D eigenvalue weighted by atomic mass is 10.2. The van der Waals surface area contributed by atoms with Crippen molar-refractivity contribution in [2.24, 2.45) is 0 Å². The Balaban J connectivity index is 1.23. The summed E-state index contributed by atoms with van der Waals surface area (Å²) < 4.78 is 0. The smallest absolute Gasteiger partial charge is 0.224 e. The fourth-order valence-corrected chi connectivity index (χ4v) is 3.45. The average Bonchev–Trinajstić information content (AvgIpc) is 3.21. The van der Waals surface area contributed by atoms with Gasteiger partial charge in [-0.25, -0.2) is 4.98 Å². The lowest BCUT2D eigenvalue weighted by Crippen LogP contribution is -2.49. The number of fused-ring (bicyclic) bond motifs is 1. The third-order valence-electron chi connectivity index (χ3n) is 5.01. The van der Waals surface area contributed by atoms with Gasteiger partial charge in [-0.3, -0.25) is 9.59 Å². The molecule has 0 atom stereocenters. The molecule has 4 rings (SSSR count). The van der Waals surface area contributed by atoms with Gasteiger partial charge in [0.2, 0.25) is 11.8 Å². The summed E-state index contributed by atoms with van der Waals surface area (Å²) in [4.78, 5) is 36.1. The molecular weight excluding hydrogens is 354 g/mol. The van der Waals surface area contributed by atoms with E-state index in [0.717, 1.165) is 35.5 Å². The van der Waals surface area contributed by atoms with Gasteiger partial charge in [0.15, 0.2) is 0 Å². The summed E-state index contributed by atoms with van der Waals surface area (Å²) in [5.41, 5.74) is 1.70. The number of H-pyrrole nitrogens is 1. The van der Waals surface area contributed by atoms with Crippen LogP contribution in [0, 0.1) is 0 Å². The number of amides is 2. The largest absolute Gasteiger partial charge is 0.361 e. The summed E-state index contributed by atoms with van der Waals surface area (Å²) in [6.45, 7) is 2.82. The molecule has 28 heavy (non-hydrogen) atoms. The Morgan fingerprint density at radius 3 is 2.68 bits per heavy atom. The zero-order valence-electron chi connectivity index (χ0n) is 15.6. The second kappa shape index (κ2) is 8.12. The van der Waals surface area contributed by atoms with Gasteiger partial charge in [-0.2, -0.15) is 0 Å². The van der Waals surface area contributed by atoms with Crippen molar-refractivity contribution < 1.29 is 9.59 Å². The highest BCUT2D eigenvalue weighted by atomic mass is 16.2. The number of piperazine rings is 1. The van der Waals surface area contributed by atoms with Gasteiger partial charge < -0.3 is 20.1 Å². The number of pyridine rings is 1. The van der Waals surface area contributed by atoms with E-state index in [-0.39, 0.29) is 24.7 Å². The van der Waals surface area contributed by atoms with Crippen molar-refractivity contribution in [1.82, 2.24) is 14.9 Å². The molecule has 0 bridgehead atoms. The number of rotatable bonds is 5. The predicted octanol–water partition coefficient (Wildman–Crippen LogP) is 2.63. The molecule has 7 nitrogen and oxygen atoms in total. The number of benzene rings is 1. The van der Waals surface area contributed by atoms with Crippen LogP contribution >= 0.6 is 0 Å². The SMILES string of the molecule is O=C(CCC(=O)N1CCN(c2ccccn2)CC1)Nc1ccc2cc[nH]c2c1. The highest BCUT2D eigenvalue weighted by Crippen LogP contribution is 2.18. The van der Waals surface area contributed by atoms with Crippen molar-refractivity contribution in [3.63, 3.8) is 0 Å². The van der Waals surface area contributed by atoms with Crippen molar-refractivity contribution >= 4 is 34.2 Å². The second-order valence-electron chi connectivity index (χ2n) is 6.88. The Bertz CT molecular complexity index is 961. The molecule has 0 radical (unpaired) electrons. The zero-order chi connectivity index (χ0) is 19.3.